The van der Waals surface area contributed by atoms with E-state index in [0.29, 0.717) is 19.4 Å². The second-order valence-electron chi connectivity index (χ2n) is 18.9. The van der Waals surface area contributed by atoms with Gasteiger partial charge in [-0.2, -0.15) is 0 Å². The van der Waals surface area contributed by atoms with E-state index in [0.717, 1.165) is 70.6 Å². The van der Waals surface area contributed by atoms with Gasteiger partial charge in [0.15, 0.2) is 0 Å². The van der Waals surface area contributed by atoms with Crippen LogP contribution in [0.4, 0.5) is 0 Å². The van der Waals surface area contributed by atoms with Crippen LogP contribution in [0, 0.1) is 0 Å². The summed E-state index contributed by atoms with van der Waals surface area (Å²) in [5.74, 6) is -0.0967. The quantitative estimate of drug-likeness (QED) is 0.0321. The molecule has 0 aromatic heterocycles. The minimum atomic E-state index is -0.853. The minimum Gasteiger partial charge on any atom is -0.466 e. The van der Waals surface area contributed by atoms with Gasteiger partial charge in [0.25, 0.3) is 0 Å². The molecular weight excluding hydrogens is 779 g/mol. The smallest absolute Gasteiger partial charge is 0.305 e. The maximum absolute atomic E-state index is 12.5. The molecule has 0 aliphatic heterocycles. The summed E-state index contributed by atoms with van der Waals surface area (Å²) in [6, 6.07) is -0.637. The van der Waals surface area contributed by atoms with Gasteiger partial charge in [-0.05, 0) is 57.8 Å². The molecule has 0 aliphatic carbocycles. The molecule has 370 valence electrons. The van der Waals surface area contributed by atoms with Crippen LogP contribution in [0.3, 0.4) is 0 Å². The van der Waals surface area contributed by atoms with Crippen molar-refractivity contribution in [3.05, 3.63) is 36.5 Å². The molecule has 6 heteroatoms. The lowest BCUT2D eigenvalue weighted by Crippen LogP contribution is -2.45. The Morgan fingerprint density at radius 2 is 0.825 bits per heavy atom. The molecule has 6 nitrogen and oxygen atoms in total. The zero-order valence-corrected chi connectivity index (χ0v) is 42.1. The molecule has 0 aliphatic rings. The van der Waals surface area contributed by atoms with Crippen molar-refractivity contribution in [1.82, 2.24) is 5.32 Å². The number of rotatable bonds is 51. The van der Waals surface area contributed by atoms with E-state index in [2.05, 4.69) is 43.5 Å². The third-order valence-corrected chi connectivity index (χ3v) is 12.6. The number of esters is 1. The Kier molecular flexibility index (Phi) is 51.1. The Morgan fingerprint density at radius 3 is 1.27 bits per heavy atom. The number of amides is 1. The summed E-state index contributed by atoms with van der Waals surface area (Å²) in [6.07, 6.45) is 64.4. The number of hydrogen-bond acceptors (Lipinski definition) is 5. The predicted molar refractivity (Wildman–Crippen MR) is 273 cm³/mol. The first-order chi connectivity index (χ1) is 31.0. The van der Waals surface area contributed by atoms with Crippen molar-refractivity contribution in [1.29, 1.82) is 0 Å². The standard InChI is InChI=1S/C57H107NO5/c1-3-5-7-9-11-13-15-17-18-19-20-21-22-26-29-33-37-41-45-49-55(60)54(53-59)58-56(61)50-46-42-38-34-30-27-23-24-28-32-36-40-44-48-52-63-57(62)51-47-43-39-35-31-25-16-14-12-10-8-6-4-2/h8,10,14,16,45,49,54-55,59-60H,3-7,9,11-13,15,17-44,46-48,50-53H2,1-2H3,(H,58,61)/b10-8-,16-14-,49-45+. The molecule has 2 unspecified atom stereocenters. The number of carbonyl (C=O) groups excluding carboxylic acids is 2. The molecule has 1 amide bonds. The molecule has 0 aromatic carbocycles. The Bertz CT molecular complexity index is 1020. The van der Waals surface area contributed by atoms with Crippen LogP contribution in [-0.2, 0) is 14.3 Å². The van der Waals surface area contributed by atoms with E-state index in [4.69, 9.17) is 4.74 Å². The summed E-state index contributed by atoms with van der Waals surface area (Å²) < 4.78 is 5.45. The van der Waals surface area contributed by atoms with Gasteiger partial charge in [0.05, 0.1) is 25.4 Å². The fourth-order valence-electron chi connectivity index (χ4n) is 8.38. The first-order valence-electron chi connectivity index (χ1n) is 27.8. The highest BCUT2D eigenvalue weighted by Crippen LogP contribution is 2.16. The highest BCUT2D eigenvalue weighted by molar-refractivity contribution is 5.76. The predicted octanol–water partition coefficient (Wildman–Crippen LogP) is 16.9. The zero-order valence-electron chi connectivity index (χ0n) is 42.1. The Morgan fingerprint density at radius 1 is 0.444 bits per heavy atom. The van der Waals surface area contributed by atoms with Gasteiger partial charge in [0, 0.05) is 12.8 Å². The molecule has 0 heterocycles. The minimum absolute atomic E-state index is 0.0189. The van der Waals surface area contributed by atoms with Crippen molar-refractivity contribution in [2.45, 2.75) is 302 Å². The normalized spacial score (nSPS) is 12.9. The SMILES string of the molecule is CCC/C=C\C/C=C\CCCCCCCC(=O)OCCCCCCCCCCCCCCCCC(=O)NC(CO)C(O)/C=C/CCCCCCCCCCCCCCCCCCC. The summed E-state index contributed by atoms with van der Waals surface area (Å²) in [4.78, 5) is 24.5. The monoisotopic (exact) mass is 886 g/mol. The molecule has 0 bridgehead atoms. The number of allylic oxidation sites excluding steroid dienone is 5. The van der Waals surface area contributed by atoms with Crippen molar-refractivity contribution in [2.24, 2.45) is 0 Å². The fraction of sp³-hybridized carbons (Fsp3) is 0.860. The molecular formula is C57H107NO5. The third kappa shape index (κ3) is 49.4. The second-order valence-corrected chi connectivity index (χ2v) is 18.9. The van der Waals surface area contributed by atoms with Crippen LogP contribution in [0.2, 0.25) is 0 Å². The number of aliphatic hydroxyl groups excluding tert-OH is 2. The van der Waals surface area contributed by atoms with E-state index in [1.807, 2.05) is 6.08 Å². The number of hydrogen-bond donors (Lipinski definition) is 3. The van der Waals surface area contributed by atoms with Gasteiger partial charge in [-0.3, -0.25) is 9.59 Å². The molecule has 0 saturated carbocycles. The van der Waals surface area contributed by atoms with Gasteiger partial charge in [-0.1, -0.05) is 256 Å². The summed E-state index contributed by atoms with van der Waals surface area (Å²) >= 11 is 0. The second kappa shape index (κ2) is 52.7. The van der Waals surface area contributed by atoms with E-state index in [9.17, 15) is 19.8 Å². The van der Waals surface area contributed by atoms with Gasteiger partial charge in [0.1, 0.15) is 0 Å². The van der Waals surface area contributed by atoms with Gasteiger partial charge in [-0.15, -0.1) is 0 Å². The first-order valence-corrected chi connectivity index (χ1v) is 27.8. The highest BCUT2D eigenvalue weighted by Gasteiger charge is 2.18. The summed E-state index contributed by atoms with van der Waals surface area (Å²) in [7, 11) is 0. The molecule has 0 rings (SSSR count). The van der Waals surface area contributed by atoms with Crippen molar-refractivity contribution >= 4 is 11.9 Å². The average molecular weight is 886 g/mol. The van der Waals surface area contributed by atoms with Crippen LogP contribution in [0.1, 0.15) is 290 Å². The zero-order chi connectivity index (χ0) is 45.8. The lowest BCUT2D eigenvalue weighted by molar-refractivity contribution is -0.143. The third-order valence-electron chi connectivity index (χ3n) is 12.6. The largest absolute Gasteiger partial charge is 0.466 e. The van der Waals surface area contributed by atoms with Crippen LogP contribution >= 0.6 is 0 Å². The Balaban J connectivity index is 3.49. The molecule has 63 heavy (non-hydrogen) atoms. The first kappa shape index (κ1) is 61.1. The van der Waals surface area contributed by atoms with Gasteiger partial charge < -0.3 is 20.3 Å². The van der Waals surface area contributed by atoms with Crippen molar-refractivity contribution in [2.75, 3.05) is 13.2 Å². The van der Waals surface area contributed by atoms with E-state index >= 15 is 0 Å². The average Bonchev–Trinajstić information content (AvgIpc) is 3.28. The lowest BCUT2D eigenvalue weighted by atomic mass is 10.0. The Hall–Kier alpha value is -1.92. The summed E-state index contributed by atoms with van der Waals surface area (Å²) in [6.45, 7) is 4.82. The molecule has 3 N–H and O–H groups in total. The molecule has 0 aromatic rings. The van der Waals surface area contributed by atoms with Crippen LogP contribution in [-0.4, -0.2) is 47.4 Å². The maximum Gasteiger partial charge on any atom is 0.305 e. The maximum atomic E-state index is 12.5. The van der Waals surface area contributed by atoms with E-state index in [1.165, 1.54) is 193 Å². The number of nitrogens with one attached hydrogen (secondary N) is 1. The molecule has 2 atom stereocenters. The number of ether oxygens (including phenoxy) is 1. The Labute approximate surface area is 392 Å². The van der Waals surface area contributed by atoms with Crippen LogP contribution in [0.15, 0.2) is 36.5 Å². The lowest BCUT2D eigenvalue weighted by Gasteiger charge is -2.20. The number of carbonyl (C=O) groups is 2. The van der Waals surface area contributed by atoms with Gasteiger partial charge >= 0.3 is 5.97 Å². The van der Waals surface area contributed by atoms with E-state index in [-0.39, 0.29) is 18.5 Å². The molecule has 0 spiro atoms. The molecule has 0 radical (unpaired) electrons. The van der Waals surface area contributed by atoms with Crippen LogP contribution < -0.4 is 5.32 Å². The van der Waals surface area contributed by atoms with Crippen molar-refractivity contribution in [3.8, 4) is 0 Å². The van der Waals surface area contributed by atoms with Crippen molar-refractivity contribution in [3.63, 3.8) is 0 Å². The van der Waals surface area contributed by atoms with Gasteiger partial charge in [0.2, 0.25) is 5.91 Å². The molecule has 0 saturated heterocycles. The fourth-order valence-corrected chi connectivity index (χ4v) is 8.38. The summed E-state index contributed by atoms with van der Waals surface area (Å²) in [5.41, 5.74) is 0. The van der Waals surface area contributed by atoms with Crippen LogP contribution in [0.25, 0.3) is 0 Å². The van der Waals surface area contributed by atoms with E-state index < -0.39 is 12.1 Å². The van der Waals surface area contributed by atoms with Crippen molar-refractivity contribution < 1.29 is 24.5 Å². The van der Waals surface area contributed by atoms with Crippen LogP contribution in [0.5, 0.6) is 0 Å². The number of unbranched alkanes of at least 4 members (excludes halogenated alkanes) is 36. The molecule has 0 fully saturated rings. The highest BCUT2D eigenvalue weighted by atomic mass is 16.5. The topological polar surface area (TPSA) is 95.9 Å². The van der Waals surface area contributed by atoms with E-state index in [1.54, 1.807) is 6.08 Å². The van der Waals surface area contributed by atoms with Gasteiger partial charge in [-0.25, -0.2) is 0 Å². The number of aliphatic hydroxyl groups is 2. The summed E-state index contributed by atoms with van der Waals surface area (Å²) in [5, 5.41) is 23.1.